The van der Waals surface area contributed by atoms with Gasteiger partial charge in [-0.25, -0.2) is 19.8 Å². The van der Waals surface area contributed by atoms with Crippen LogP contribution in [-0.2, 0) is 13.1 Å². The highest BCUT2D eigenvalue weighted by Gasteiger charge is 2.25. The van der Waals surface area contributed by atoms with Gasteiger partial charge in [0.25, 0.3) is 5.91 Å². The van der Waals surface area contributed by atoms with E-state index in [2.05, 4.69) is 25.0 Å². The second kappa shape index (κ2) is 9.79. The van der Waals surface area contributed by atoms with Crippen LogP contribution in [0.25, 0.3) is 0 Å². The second-order valence-electron chi connectivity index (χ2n) is 7.76. The largest absolute Gasteiger partial charge is 0.337 e. The Hall–Kier alpha value is -3.44. The quantitative estimate of drug-likeness (QED) is 0.419. The number of nitrogens with one attached hydrogen (secondary N) is 1. The van der Waals surface area contributed by atoms with E-state index in [1.54, 1.807) is 18.0 Å². The lowest BCUT2D eigenvalue weighted by molar-refractivity contribution is 0.0705. The summed E-state index contributed by atoms with van der Waals surface area (Å²) in [7, 11) is 1.77. The zero-order valence-electron chi connectivity index (χ0n) is 17.6. The number of carbonyl (C=O) groups is 1. The molecule has 4 rings (SSSR count). The van der Waals surface area contributed by atoms with Gasteiger partial charge in [-0.15, -0.1) is 0 Å². The highest BCUT2D eigenvalue weighted by Crippen LogP contribution is 2.27. The number of rotatable bonds is 7. The van der Waals surface area contributed by atoms with E-state index in [0.717, 1.165) is 25.9 Å². The van der Waals surface area contributed by atoms with Crippen LogP contribution in [0.2, 0.25) is 0 Å². The number of piperidine rings is 1. The monoisotopic (exact) mass is 441 g/mol. The van der Waals surface area contributed by atoms with Crippen molar-refractivity contribution in [3.8, 4) is 0 Å². The maximum absolute atomic E-state index is 13.9. The number of carbonyl (C=O) groups excluding carboxylic acids is 1. The van der Waals surface area contributed by atoms with Gasteiger partial charge in [-0.05, 0) is 32.0 Å². The predicted molar refractivity (Wildman–Crippen MR) is 111 cm³/mol. The highest BCUT2D eigenvalue weighted by atomic mass is 19.1. The number of aromatic nitrogens is 4. The Morgan fingerprint density at radius 3 is 2.69 bits per heavy atom. The molecule has 0 aliphatic carbocycles. The molecule has 0 radical (unpaired) electrons. The van der Waals surface area contributed by atoms with Crippen molar-refractivity contribution in [2.24, 2.45) is 0 Å². The molecular formula is C21H24FN7O3. The van der Waals surface area contributed by atoms with Gasteiger partial charge >= 0.3 is 0 Å². The summed E-state index contributed by atoms with van der Waals surface area (Å²) in [5.74, 6) is 0.840. The van der Waals surface area contributed by atoms with Crippen molar-refractivity contribution in [1.82, 2.24) is 30.5 Å². The van der Waals surface area contributed by atoms with Crippen LogP contribution in [0.15, 0.2) is 41.2 Å². The number of anilines is 1. The maximum atomic E-state index is 13.9. The molecule has 1 amide bonds. The molecule has 0 saturated carbocycles. The zero-order valence-corrected chi connectivity index (χ0v) is 17.6. The zero-order chi connectivity index (χ0) is 22.5. The first-order chi connectivity index (χ1) is 15.5. The third-order valence-corrected chi connectivity index (χ3v) is 5.50. The fourth-order valence-corrected chi connectivity index (χ4v) is 3.69. The Labute approximate surface area is 184 Å². The van der Waals surface area contributed by atoms with Gasteiger partial charge in [0.1, 0.15) is 5.82 Å². The number of nitrogens with zero attached hydrogens (tertiary/aromatic N) is 6. The summed E-state index contributed by atoms with van der Waals surface area (Å²) in [6, 6.07) is 6.87. The molecule has 2 aromatic heterocycles. The van der Waals surface area contributed by atoms with Crippen molar-refractivity contribution in [1.29, 1.82) is 0 Å². The topological polar surface area (TPSA) is 121 Å². The SMILES string of the molecule is CN(Cc1nc(C2CCN(Cc3ccccc3F)CC2)no1)c1ncc(C(=O)NO)cn1. The van der Waals surface area contributed by atoms with Gasteiger partial charge in [-0.1, -0.05) is 23.4 Å². The van der Waals surface area contributed by atoms with Gasteiger partial charge in [0.2, 0.25) is 11.8 Å². The molecule has 11 heteroatoms. The van der Waals surface area contributed by atoms with Crippen LogP contribution in [0, 0.1) is 5.82 Å². The summed E-state index contributed by atoms with van der Waals surface area (Å²) in [5.41, 5.74) is 2.39. The summed E-state index contributed by atoms with van der Waals surface area (Å²) in [6.45, 7) is 2.58. The Morgan fingerprint density at radius 2 is 2.00 bits per heavy atom. The Morgan fingerprint density at radius 1 is 1.28 bits per heavy atom. The number of benzene rings is 1. The van der Waals surface area contributed by atoms with Gasteiger partial charge in [0, 0.05) is 37.5 Å². The van der Waals surface area contributed by atoms with Crippen LogP contribution in [0.1, 0.15) is 46.4 Å². The number of hydroxylamine groups is 1. The van der Waals surface area contributed by atoms with Gasteiger partial charge in [-0.3, -0.25) is 14.9 Å². The van der Waals surface area contributed by atoms with E-state index >= 15 is 0 Å². The molecule has 1 fully saturated rings. The molecule has 1 aliphatic rings. The van der Waals surface area contributed by atoms with Crippen molar-refractivity contribution >= 4 is 11.9 Å². The highest BCUT2D eigenvalue weighted by molar-refractivity contribution is 5.92. The molecule has 2 N–H and O–H groups in total. The molecule has 10 nitrogen and oxygen atoms in total. The van der Waals surface area contributed by atoms with Crippen molar-refractivity contribution in [3.63, 3.8) is 0 Å². The summed E-state index contributed by atoms with van der Waals surface area (Å²) >= 11 is 0. The minimum Gasteiger partial charge on any atom is -0.337 e. The summed E-state index contributed by atoms with van der Waals surface area (Å²) < 4.78 is 19.3. The third-order valence-electron chi connectivity index (χ3n) is 5.50. The Kier molecular flexibility index (Phi) is 6.66. The molecule has 0 atom stereocenters. The molecule has 3 heterocycles. The molecule has 32 heavy (non-hydrogen) atoms. The summed E-state index contributed by atoms with van der Waals surface area (Å²) in [6.07, 6.45) is 4.39. The molecular weight excluding hydrogens is 417 g/mol. The molecule has 0 spiro atoms. The number of likely N-dealkylation sites (tertiary alicyclic amines) is 1. The van der Waals surface area contributed by atoms with Crippen LogP contribution in [-0.4, -0.2) is 56.3 Å². The molecule has 1 aliphatic heterocycles. The van der Waals surface area contributed by atoms with Crippen LogP contribution in [0.4, 0.5) is 10.3 Å². The Bertz CT molecular complexity index is 1050. The van der Waals surface area contributed by atoms with Crippen LogP contribution >= 0.6 is 0 Å². The van der Waals surface area contributed by atoms with Crippen molar-refractivity contribution in [3.05, 3.63) is 65.3 Å². The van der Waals surface area contributed by atoms with Crippen LogP contribution in [0.3, 0.4) is 0 Å². The molecule has 0 unspecified atom stereocenters. The third kappa shape index (κ3) is 5.06. The first-order valence-corrected chi connectivity index (χ1v) is 10.3. The predicted octanol–water partition coefficient (Wildman–Crippen LogP) is 2.13. The Balaban J connectivity index is 1.30. The van der Waals surface area contributed by atoms with E-state index in [4.69, 9.17) is 9.73 Å². The number of hydrogen-bond donors (Lipinski definition) is 2. The van der Waals surface area contributed by atoms with Gasteiger partial charge in [0.15, 0.2) is 5.82 Å². The van der Waals surface area contributed by atoms with E-state index in [9.17, 15) is 9.18 Å². The standard InChI is InChI=1S/C21H24FN7O3/c1-28(21-23-10-16(11-24-21)20(30)26-31)13-18-25-19(27-32-18)14-6-8-29(9-7-14)12-15-4-2-3-5-17(15)22/h2-5,10-11,14,31H,6-9,12-13H2,1H3,(H,26,30). The number of amides is 1. The fourth-order valence-electron chi connectivity index (χ4n) is 3.69. The molecule has 168 valence electrons. The van der Waals surface area contributed by atoms with Crippen molar-refractivity contribution in [2.45, 2.75) is 31.8 Å². The molecule has 3 aromatic rings. The average molecular weight is 441 g/mol. The summed E-state index contributed by atoms with van der Waals surface area (Å²) in [5, 5.41) is 12.8. The van der Waals surface area contributed by atoms with Gasteiger partial charge in [-0.2, -0.15) is 4.98 Å². The van der Waals surface area contributed by atoms with E-state index in [-0.39, 0.29) is 17.3 Å². The first-order valence-electron chi connectivity index (χ1n) is 10.3. The minimum atomic E-state index is -0.680. The van der Waals surface area contributed by atoms with Crippen molar-refractivity contribution < 1.29 is 18.9 Å². The maximum Gasteiger partial charge on any atom is 0.277 e. The lowest BCUT2D eigenvalue weighted by atomic mass is 9.96. The lowest BCUT2D eigenvalue weighted by Crippen LogP contribution is -2.33. The lowest BCUT2D eigenvalue weighted by Gasteiger charge is -2.30. The van der Waals surface area contributed by atoms with Crippen molar-refractivity contribution in [2.75, 3.05) is 25.0 Å². The number of halogens is 1. The summed E-state index contributed by atoms with van der Waals surface area (Å²) in [4.78, 5) is 28.1. The average Bonchev–Trinajstić information content (AvgIpc) is 3.29. The van der Waals surface area contributed by atoms with E-state index in [1.165, 1.54) is 23.9 Å². The van der Waals surface area contributed by atoms with Crippen LogP contribution in [0.5, 0.6) is 0 Å². The normalized spacial score (nSPS) is 15.0. The van der Waals surface area contributed by atoms with Crippen LogP contribution < -0.4 is 10.4 Å². The van der Waals surface area contributed by atoms with Gasteiger partial charge in [0.05, 0.1) is 12.1 Å². The smallest absolute Gasteiger partial charge is 0.277 e. The minimum absolute atomic E-state index is 0.145. The van der Waals surface area contributed by atoms with Gasteiger partial charge < -0.3 is 9.42 Å². The molecule has 1 aromatic carbocycles. The second-order valence-corrected chi connectivity index (χ2v) is 7.76. The molecule has 0 bridgehead atoms. The van der Waals surface area contributed by atoms with E-state index < -0.39 is 5.91 Å². The number of hydrogen-bond acceptors (Lipinski definition) is 9. The molecule has 1 saturated heterocycles. The van der Waals surface area contributed by atoms with E-state index in [1.807, 2.05) is 12.1 Å². The van der Waals surface area contributed by atoms with E-state index in [0.29, 0.717) is 36.3 Å². The first kappa shape index (κ1) is 21.8. The fraction of sp³-hybridized carbons (Fsp3) is 0.381.